The Bertz CT molecular complexity index is 508. The maximum absolute atomic E-state index is 11.6. The quantitative estimate of drug-likeness (QED) is 0.867. The largest absolute Gasteiger partial charge is 0.478 e. The lowest BCUT2D eigenvalue weighted by molar-refractivity contribution is -0.116. The highest BCUT2D eigenvalue weighted by atomic mass is 16.4. The Morgan fingerprint density at radius 3 is 2.60 bits per heavy atom. The molecule has 1 fully saturated rings. The molecule has 108 valence electrons. The Morgan fingerprint density at radius 1 is 1.30 bits per heavy atom. The minimum atomic E-state index is -1.02. The first-order valence-corrected chi connectivity index (χ1v) is 7.04. The first-order valence-electron chi connectivity index (χ1n) is 7.04. The van der Waals surface area contributed by atoms with Crippen LogP contribution in [0.4, 0.5) is 11.4 Å². The highest BCUT2D eigenvalue weighted by Gasteiger charge is 2.17. The molecule has 0 spiro atoms. The van der Waals surface area contributed by atoms with Crippen LogP contribution in [0.3, 0.4) is 0 Å². The van der Waals surface area contributed by atoms with E-state index in [0.717, 1.165) is 38.0 Å². The Balaban J connectivity index is 2.23. The maximum atomic E-state index is 11.6. The van der Waals surface area contributed by atoms with Gasteiger partial charge in [0.1, 0.15) is 0 Å². The molecule has 1 amide bonds. The second-order valence-corrected chi connectivity index (χ2v) is 5.03. The molecule has 2 N–H and O–H groups in total. The summed E-state index contributed by atoms with van der Waals surface area (Å²) in [5.74, 6) is -1.17. The van der Waals surface area contributed by atoms with Crippen LogP contribution in [0, 0.1) is 0 Å². The molecular weight excluding hydrogens is 256 g/mol. The van der Waals surface area contributed by atoms with Crippen molar-refractivity contribution in [3.8, 4) is 0 Å². The predicted octanol–water partition coefficient (Wildman–Crippen LogP) is 2.72. The minimum Gasteiger partial charge on any atom is -0.478 e. The number of benzene rings is 1. The van der Waals surface area contributed by atoms with Crippen LogP contribution >= 0.6 is 0 Å². The molecule has 0 aliphatic carbocycles. The Kier molecular flexibility index (Phi) is 4.61. The molecule has 0 atom stereocenters. The lowest BCUT2D eigenvalue weighted by Gasteiger charge is -2.19. The lowest BCUT2D eigenvalue weighted by Crippen LogP contribution is -2.19. The summed E-state index contributed by atoms with van der Waals surface area (Å²) in [6, 6.07) is 5.21. The molecule has 0 aromatic heterocycles. The maximum Gasteiger partial charge on any atom is 0.337 e. The Morgan fingerprint density at radius 2 is 2.00 bits per heavy atom. The van der Waals surface area contributed by atoms with Crippen LogP contribution in [0.15, 0.2) is 18.2 Å². The fraction of sp³-hybridized carbons (Fsp3) is 0.467. The fourth-order valence-electron chi connectivity index (χ4n) is 2.43. The van der Waals surface area contributed by atoms with Crippen LogP contribution < -0.4 is 10.2 Å². The summed E-state index contributed by atoms with van der Waals surface area (Å²) in [6.07, 6.45) is 3.40. The van der Waals surface area contributed by atoms with Crippen LogP contribution in [0.2, 0.25) is 0 Å². The van der Waals surface area contributed by atoms with E-state index in [4.69, 9.17) is 0 Å². The summed E-state index contributed by atoms with van der Waals surface area (Å²) in [6.45, 7) is 3.83. The average Bonchev–Trinajstić information content (AvgIpc) is 2.93. The zero-order chi connectivity index (χ0) is 14.5. The third-order valence-electron chi connectivity index (χ3n) is 3.46. The third kappa shape index (κ3) is 3.29. The van der Waals surface area contributed by atoms with Crippen molar-refractivity contribution in [2.45, 2.75) is 32.6 Å². The van der Waals surface area contributed by atoms with Gasteiger partial charge in [0.05, 0.1) is 11.3 Å². The van der Waals surface area contributed by atoms with Crippen molar-refractivity contribution >= 4 is 23.3 Å². The van der Waals surface area contributed by atoms with E-state index in [2.05, 4.69) is 10.2 Å². The van der Waals surface area contributed by atoms with Gasteiger partial charge in [0.25, 0.3) is 0 Å². The van der Waals surface area contributed by atoms with E-state index in [-0.39, 0.29) is 11.5 Å². The van der Waals surface area contributed by atoms with E-state index >= 15 is 0 Å². The zero-order valence-corrected chi connectivity index (χ0v) is 11.7. The van der Waals surface area contributed by atoms with Crippen molar-refractivity contribution < 1.29 is 14.7 Å². The van der Waals surface area contributed by atoms with Crippen LogP contribution in [-0.4, -0.2) is 30.1 Å². The summed E-state index contributed by atoms with van der Waals surface area (Å²) in [4.78, 5) is 25.1. The molecule has 1 aliphatic rings. The molecule has 1 aromatic rings. The number of carboxylic acids is 1. The van der Waals surface area contributed by atoms with Crippen molar-refractivity contribution in [3.05, 3.63) is 23.8 Å². The van der Waals surface area contributed by atoms with Crippen molar-refractivity contribution in [1.29, 1.82) is 0 Å². The van der Waals surface area contributed by atoms with Gasteiger partial charge in [-0.15, -0.1) is 0 Å². The van der Waals surface area contributed by atoms with Gasteiger partial charge in [0, 0.05) is 25.2 Å². The number of nitrogens with zero attached hydrogens (tertiary/aromatic N) is 1. The highest BCUT2D eigenvalue weighted by molar-refractivity contribution is 6.01. The van der Waals surface area contributed by atoms with Crippen molar-refractivity contribution in [1.82, 2.24) is 0 Å². The third-order valence-corrected chi connectivity index (χ3v) is 3.46. The van der Waals surface area contributed by atoms with E-state index in [1.54, 1.807) is 12.1 Å². The number of carbonyl (C=O) groups is 2. The monoisotopic (exact) mass is 276 g/mol. The normalized spacial score (nSPS) is 14.3. The number of amides is 1. The SMILES string of the molecule is CCCC(=O)Nc1ccc(N2CCCC2)cc1C(=O)O. The van der Waals surface area contributed by atoms with Gasteiger partial charge in [-0.25, -0.2) is 4.79 Å². The van der Waals surface area contributed by atoms with Gasteiger partial charge in [0.2, 0.25) is 5.91 Å². The summed E-state index contributed by atoms with van der Waals surface area (Å²) in [5, 5.41) is 12.0. The number of hydrogen-bond donors (Lipinski definition) is 2. The number of hydrogen-bond acceptors (Lipinski definition) is 3. The topological polar surface area (TPSA) is 69.6 Å². The van der Waals surface area contributed by atoms with E-state index in [1.807, 2.05) is 13.0 Å². The molecule has 0 unspecified atom stereocenters. The van der Waals surface area contributed by atoms with E-state index in [0.29, 0.717) is 12.1 Å². The number of anilines is 2. The molecule has 0 saturated carbocycles. The number of carboxylic acid groups (broad SMARTS) is 1. The molecule has 5 heteroatoms. The molecule has 0 radical (unpaired) electrons. The second-order valence-electron chi connectivity index (χ2n) is 5.03. The molecule has 0 bridgehead atoms. The van der Waals surface area contributed by atoms with Gasteiger partial charge in [-0.3, -0.25) is 4.79 Å². The Labute approximate surface area is 118 Å². The van der Waals surface area contributed by atoms with E-state index in [9.17, 15) is 14.7 Å². The van der Waals surface area contributed by atoms with Crippen LogP contribution in [-0.2, 0) is 4.79 Å². The summed E-state index contributed by atoms with van der Waals surface area (Å²) < 4.78 is 0. The summed E-state index contributed by atoms with van der Waals surface area (Å²) >= 11 is 0. The average molecular weight is 276 g/mol. The van der Waals surface area contributed by atoms with Crippen molar-refractivity contribution in [3.63, 3.8) is 0 Å². The number of carbonyl (C=O) groups excluding carboxylic acids is 1. The predicted molar refractivity (Wildman–Crippen MR) is 78.4 cm³/mol. The molecule has 2 rings (SSSR count). The molecule has 1 saturated heterocycles. The van der Waals surface area contributed by atoms with Crippen molar-refractivity contribution in [2.24, 2.45) is 0 Å². The summed E-state index contributed by atoms with van der Waals surface area (Å²) in [7, 11) is 0. The standard InChI is InChI=1S/C15H20N2O3/c1-2-5-14(18)16-13-7-6-11(10-12(13)15(19)20)17-8-3-4-9-17/h6-7,10H,2-5,8-9H2,1H3,(H,16,18)(H,19,20). The molecule has 5 nitrogen and oxygen atoms in total. The van der Waals surface area contributed by atoms with E-state index in [1.165, 1.54) is 0 Å². The van der Waals surface area contributed by atoms with Gasteiger partial charge in [-0.2, -0.15) is 0 Å². The smallest absolute Gasteiger partial charge is 0.337 e. The molecular formula is C15H20N2O3. The van der Waals surface area contributed by atoms with Gasteiger partial charge < -0.3 is 15.3 Å². The molecule has 1 heterocycles. The first kappa shape index (κ1) is 14.4. The number of aromatic carboxylic acids is 1. The fourth-order valence-corrected chi connectivity index (χ4v) is 2.43. The number of rotatable bonds is 5. The van der Waals surface area contributed by atoms with Gasteiger partial charge in [-0.1, -0.05) is 6.92 Å². The highest BCUT2D eigenvalue weighted by Crippen LogP contribution is 2.26. The minimum absolute atomic E-state index is 0.149. The zero-order valence-electron chi connectivity index (χ0n) is 11.7. The summed E-state index contributed by atoms with van der Waals surface area (Å²) in [5.41, 5.74) is 1.44. The lowest BCUT2D eigenvalue weighted by atomic mass is 10.1. The molecule has 1 aromatic carbocycles. The van der Waals surface area contributed by atoms with E-state index < -0.39 is 5.97 Å². The van der Waals surface area contributed by atoms with Gasteiger partial charge in [-0.05, 0) is 37.5 Å². The van der Waals surface area contributed by atoms with Gasteiger partial charge >= 0.3 is 5.97 Å². The first-order chi connectivity index (χ1) is 9.61. The van der Waals surface area contributed by atoms with Crippen molar-refractivity contribution in [2.75, 3.05) is 23.3 Å². The number of nitrogens with one attached hydrogen (secondary N) is 1. The second kappa shape index (κ2) is 6.41. The van der Waals surface area contributed by atoms with Crippen LogP contribution in [0.1, 0.15) is 43.0 Å². The molecule has 1 aliphatic heterocycles. The van der Waals surface area contributed by atoms with Gasteiger partial charge in [0.15, 0.2) is 0 Å². The Hall–Kier alpha value is -2.04. The van der Waals surface area contributed by atoms with Crippen LogP contribution in [0.25, 0.3) is 0 Å². The van der Waals surface area contributed by atoms with Crippen LogP contribution in [0.5, 0.6) is 0 Å². The molecule has 20 heavy (non-hydrogen) atoms.